The van der Waals surface area contributed by atoms with Gasteiger partial charge in [-0.25, -0.2) is 15.7 Å². The van der Waals surface area contributed by atoms with Gasteiger partial charge in [-0.15, -0.1) is 0 Å². The van der Waals surface area contributed by atoms with Crippen molar-refractivity contribution in [3.8, 4) is 5.75 Å². The van der Waals surface area contributed by atoms with E-state index in [4.69, 9.17) is 10.2 Å². The lowest BCUT2D eigenvalue weighted by Crippen LogP contribution is -2.05. The zero-order chi connectivity index (χ0) is 12.5. The number of carboxylic acids is 2. The number of phenols is 1. The van der Waals surface area contributed by atoms with Crippen LogP contribution in [0.4, 0.5) is 0 Å². The molecule has 1 aromatic carbocycles. The molecule has 0 heterocycles. The molecular weight excluding hydrogens is 335 g/mol. The standard InChI is InChI=1S/C8H5IO7/c10-5-2-3(7(11)12)1-4(8(13)14)6(5)9(15)16/h1-2,10H,(H,11,12)(H,13,14). The lowest BCUT2D eigenvalue weighted by atomic mass is 10.1. The summed E-state index contributed by atoms with van der Waals surface area (Å²) in [5.41, 5.74) is -1.22. The highest BCUT2D eigenvalue weighted by Crippen LogP contribution is 2.32. The number of aromatic carboxylic acids is 2. The molecule has 0 aromatic heterocycles. The smallest absolute Gasteiger partial charge is 0.345 e. The third-order valence-electron chi connectivity index (χ3n) is 1.69. The van der Waals surface area contributed by atoms with Crippen molar-refractivity contribution in [3.05, 3.63) is 26.8 Å². The van der Waals surface area contributed by atoms with Gasteiger partial charge in [0, 0.05) is 0 Å². The van der Waals surface area contributed by atoms with Crippen molar-refractivity contribution in [1.29, 1.82) is 0 Å². The molecule has 0 radical (unpaired) electrons. The lowest BCUT2D eigenvalue weighted by Gasteiger charge is -2.03. The van der Waals surface area contributed by atoms with Gasteiger partial charge in [-0.2, -0.15) is 0 Å². The molecule has 3 N–H and O–H groups in total. The Kier molecular flexibility index (Phi) is 3.42. The van der Waals surface area contributed by atoms with E-state index >= 15 is 0 Å². The van der Waals surface area contributed by atoms with Crippen molar-refractivity contribution in [2.24, 2.45) is 0 Å². The second-order valence-electron chi connectivity index (χ2n) is 2.68. The Morgan fingerprint density at radius 2 is 1.62 bits per heavy atom. The van der Waals surface area contributed by atoms with Gasteiger partial charge < -0.3 is 15.3 Å². The minimum absolute atomic E-state index is 0.489. The van der Waals surface area contributed by atoms with Crippen molar-refractivity contribution in [3.63, 3.8) is 0 Å². The molecule has 1 aromatic rings. The number of carbonyl (C=O) groups is 2. The second-order valence-corrected chi connectivity index (χ2v) is 5.00. The van der Waals surface area contributed by atoms with Gasteiger partial charge in [-0.1, -0.05) is 0 Å². The fourth-order valence-corrected chi connectivity index (χ4v) is 2.52. The molecule has 86 valence electrons. The molecule has 16 heavy (non-hydrogen) atoms. The third kappa shape index (κ3) is 2.27. The van der Waals surface area contributed by atoms with E-state index in [1.54, 1.807) is 0 Å². The average molecular weight is 340 g/mol. The second kappa shape index (κ2) is 4.43. The minimum Gasteiger partial charge on any atom is -0.507 e. The minimum atomic E-state index is -4.21. The number of aromatic hydroxyl groups is 1. The summed E-state index contributed by atoms with van der Waals surface area (Å²) < 4.78 is 20.9. The summed E-state index contributed by atoms with van der Waals surface area (Å²) in [6, 6.07) is 1.39. The summed E-state index contributed by atoms with van der Waals surface area (Å²) >= 11 is -4.21. The van der Waals surface area contributed by atoms with Crippen molar-refractivity contribution in [2.75, 3.05) is 0 Å². The summed E-state index contributed by atoms with van der Waals surface area (Å²) in [4.78, 5) is 21.3. The number of hydrogen-bond acceptors (Lipinski definition) is 5. The van der Waals surface area contributed by atoms with E-state index in [1.807, 2.05) is 0 Å². The maximum atomic E-state index is 10.8. The van der Waals surface area contributed by atoms with Crippen molar-refractivity contribution >= 4 is 31.7 Å². The van der Waals surface area contributed by atoms with Gasteiger partial charge in [0.1, 0.15) is 9.32 Å². The Morgan fingerprint density at radius 3 is 2.00 bits per heavy atom. The number of benzene rings is 1. The van der Waals surface area contributed by atoms with Gasteiger partial charge in [0.15, 0.2) is 0 Å². The first-order valence-electron chi connectivity index (χ1n) is 3.73. The Hall–Kier alpha value is -1.71. The number of hydrogen-bond donors (Lipinski definition) is 3. The fourth-order valence-electron chi connectivity index (χ4n) is 1.05. The van der Waals surface area contributed by atoms with Gasteiger partial charge in [-0.05, 0) is 12.1 Å². The molecule has 0 aliphatic carbocycles. The van der Waals surface area contributed by atoms with Crippen LogP contribution in [-0.4, -0.2) is 27.3 Å². The van der Waals surface area contributed by atoms with Crippen molar-refractivity contribution in [1.82, 2.24) is 0 Å². The van der Waals surface area contributed by atoms with E-state index in [1.165, 1.54) is 0 Å². The largest absolute Gasteiger partial charge is 0.507 e. The maximum Gasteiger partial charge on any atom is 0.345 e. The normalized spacial score (nSPS) is 10.3. The molecule has 0 atom stereocenters. The Labute approximate surface area is 95.5 Å². The first-order chi connectivity index (χ1) is 7.34. The van der Waals surface area contributed by atoms with E-state index in [-0.39, 0.29) is 0 Å². The Bertz CT molecular complexity index is 536. The van der Waals surface area contributed by atoms with E-state index in [9.17, 15) is 20.8 Å². The van der Waals surface area contributed by atoms with Crippen LogP contribution in [0.2, 0.25) is 0 Å². The first kappa shape index (κ1) is 12.4. The van der Waals surface area contributed by atoms with E-state index in [2.05, 4.69) is 0 Å². The van der Waals surface area contributed by atoms with Gasteiger partial charge in [0.05, 0.1) is 11.1 Å². The van der Waals surface area contributed by atoms with Crippen molar-refractivity contribution in [2.45, 2.75) is 0 Å². The van der Waals surface area contributed by atoms with Gasteiger partial charge in [-0.3, -0.25) is 0 Å². The summed E-state index contributed by atoms with van der Waals surface area (Å²) in [6.07, 6.45) is 0. The highest BCUT2D eigenvalue weighted by molar-refractivity contribution is 14.2. The van der Waals surface area contributed by atoms with E-state index in [0.29, 0.717) is 12.1 Å². The Morgan fingerprint density at radius 1 is 1.06 bits per heavy atom. The van der Waals surface area contributed by atoms with Gasteiger partial charge in [0.25, 0.3) is 0 Å². The zero-order valence-corrected chi connectivity index (χ0v) is 9.66. The predicted molar refractivity (Wildman–Crippen MR) is 56.1 cm³/mol. The predicted octanol–water partition coefficient (Wildman–Crippen LogP) is 1.16. The molecule has 0 fully saturated rings. The van der Waals surface area contributed by atoms with Crippen LogP contribution in [-0.2, 0) is 6.14 Å². The molecule has 0 spiro atoms. The molecule has 0 bridgehead atoms. The summed E-state index contributed by atoms with van der Waals surface area (Å²) in [7, 11) is 0. The number of carboxylic acid groups (broad SMARTS) is 2. The molecule has 8 heteroatoms. The van der Waals surface area contributed by atoms with Crippen LogP contribution >= 0.6 is 19.8 Å². The van der Waals surface area contributed by atoms with Crippen LogP contribution in [0, 0.1) is 3.57 Å². The van der Waals surface area contributed by atoms with Crippen LogP contribution in [0.5, 0.6) is 5.75 Å². The zero-order valence-electron chi connectivity index (χ0n) is 7.51. The summed E-state index contributed by atoms with van der Waals surface area (Å²) in [6.45, 7) is 0. The topological polar surface area (TPSA) is 129 Å². The molecule has 0 amide bonds. The molecule has 0 aliphatic heterocycles. The van der Waals surface area contributed by atoms with Crippen LogP contribution in [0.15, 0.2) is 12.1 Å². The van der Waals surface area contributed by atoms with Crippen molar-refractivity contribution < 1.29 is 31.0 Å². The molecule has 7 nitrogen and oxygen atoms in total. The van der Waals surface area contributed by atoms with Gasteiger partial charge >= 0.3 is 31.7 Å². The van der Waals surface area contributed by atoms with Gasteiger partial charge in [0.2, 0.25) is 0 Å². The quantitative estimate of drug-likeness (QED) is 0.704. The summed E-state index contributed by atoms with van der Waals surface area (Å²) in [5, 5.41) is 26.5. The highest BCUT2D eigenvalue weighted by Gasteiger charge is 2.21. The van der Waals surface area contributed by atoms with Crippen LogP contribution in [0.3, 0.4) is 0 Å². The maximum absolute atomic E-state index is 10.8. The first-order valence-corrected chi connectivity index (χ1v) is 6.57. The molecular formula is C8H5IO7. The molecule has 1 rings (SSSR count). The van der Waals surface area contributed by atoms with Crippen LogP contribution in [0.25, 0.3) is 0 Å². The number of phenolic OH excluding ortho intramolecular Hbond substituents is 1. The number of rotatable bonds is 3. The van der Waals surface area contributed by atoms with Crippen LogP contribution in [0.1, 0.15) is 20.7 Å². The number of halogens is 1. The monoisotopic (exact) mass is 340 g/mol. The lowest BCUT2D eigenvalue weighted by molar-refractivity contribution is 0.0695. The molecule has 0 aliphatic rings. The van der Waals surface area contributed by atoms with E-state index in [0.717, 1.165) is 0 Å². The molecule has 0 saturated heterocycles. The fraction of sp³-hybridized carbons (Fsp3) is 0. The molecule has 0 unspecified atom stereocenters. The average Bonchev–Trinajstić information content (AvgIpc) is 2.15. The summed E-state index contributed by atoms with van der Waals surface area (Å²) in [5.74, 6) is -3.92. The van der Waals surface area contributed by atoms with Crippen LogP contribution < -0.4 is 0 Å². The third-order valence-corrected chi connectivity index (χ3v) is 3.70. The Balaban J connectivity index is 3.64. The molecule has 0 saturated carbocycles. The van der Waals surface area contributed by atoms with E-state index < -0.39 is 52.2 Å². The highest BCUT2D eigenvalue weighted by atomic mass is 127. The SMILES string of the molecule is O=C(O)c1cc(O)c(I(=O)=O)c(C(=O)O)c1.